The third kappa shape index (κ3) is 54.0. The zero-order valence-electron chi connectivity index (χ0n) is 57.2. The predicted molar refractivity (Wildman–Crippen MR) is 370 cm³/mol. The van der Waals surface area contributed by atoms with Gasteiger partial charge in [0.25, 0.3) is 0 Å². The van der Waals surface area contributed by atoms with Gasteiger partial charge in [-0.25, -0.2) is 0 Å². The number of aliphatic hydroxyl groups is 5. The van der Waals surface area contributed by atoms with E-state index in [0.29, 0.717) is 19.4 Å². The van der Waals surface area contributed by atoms with Gasteiger partial charge in [-0.2, -0.15) is 0 Å². The third-order valence-corrected chi connectivity index (χ3v) is 17.7. The summed E-state index contributed by atoms with van der Waals surface area (Å²) in [6.45, 7) is 4.12. The Labute approximate surface area is 541 Å². The smallest absolute Gasteiger partial charge is 0.305 e. The predicted octanol–water partition coefficient (Wildman–Crippen LogP) is 19.7. The number of esters is 1. The number of nitrogens with one attached hydrogen (secondary N) is 1. The SMILES string of the molecule is C/C=C/CC/C=C/CC/C=C/C(O)C(COC1OC(CO)C(O)C(O)C1O)NC(=O)CCCCCCCCCCCCCCCCCCC/C=C\C/C=C\CCCCCCCCCCCCCCCCCOC(=O)CCCCCCCCCCCCCC. The first-order valence-corrected chi connectivity index (χ1v) is 37.5. The Balaban J connectivity index is 1.88. The van der Waals surface area contributed by atoms with Crippen molar-refractivity contribution in [3.05, 3.63) is 60.8 Å². The highest BCUT2D eigenvalue weighted by Crippen LogP contribution is 2.23. The molecule has 1 amide bonds. The number of hydrogen-bond acceptors (Lipinski definition) is 10. The maximum atomic E-state index is 13.0. The maximum Gasteiger partial charge on any atom is 0.305 e. The summed E-state index contributed by atoms with van der Waals surface area (Å²) >= 11 is 0. The van der Waals surface area contributed by atoms with Crippen molar-refractivity contribution in [2.45, 2.75) is 397 Å². The van der Waals surface area contributed by atoms with Crippen molar-refractivity contribution in [1.29, 1.82) is 0 Å². The van der Waals surface area contributed by atoms with Crippen LogP contribution in [-0.4, -0.2) is 100 Å². The Morgan fingerprint density at radius 2 is 0.818 bits per heavy atom. The fraction of sp³-hybridized carbons (Fsp3) is 0.844. The van der Waals surface area contributed by atoms with E-state index < -0.39 is 49.5 Å². The number of carbonyl (C=O) groups excluding carboxylic acids is 2. The summed E-state index contributed by atoms with van der Waals surface area (Å²) in [5, 5.41) is 54.2. The molecule has 7 atom stereocenters. The van der Waals surface area contributed by atoms with E-state index in [2.05, 4.69) is 54.8 Å². The van der Waals surface area contributed by atoms with Gasteiger partial charge in [-0.1, -0.05) is 318 Å². The Kier molecular flexibility index (Phi) is 62.4. The van der Waals surface area contributed by atoms with E-state index in [4.69, 9.17) is 14.2 Å². The lowest BCUT2D eigenvalue weighted by Crippen LogP contribution is -2.60. The van der Waals surface area contributed by atoms with E-state index in [1.54, 1.807) is 6.08 Å². The quantitative estimate of drug-likeness (QED) is 0.0195. The lowest BCUT2D eigenvalue weighted by molar-refractivity contribution is -0.302. The molecular formula is C77H141NO10. The number of amides is 1. The highest BCUT2D eigenvalue weighted by molar-refractivity contribution is 5.76. The van der Waals surface area contributed by atoms with Gasteiger partial charge in [0.05, 0.1) is 32.0 Å². The molecule has 1 aliphatic rings. The summed E-state index contributed by atoms with van der Waals surface area (Å²) in [5.74, 6) is -0.181. The lowest BCUT2D eigenvalue weighted by Gasteiger charge is -2.40. The fourth-order valence-electron chi connectivity index (χ4n) is 11.8. The summed E-state index contributed by atoms with van der Waals surface area (Å²) in [4.78, 5) is 25.0. The molecule has 0 aromatic carbocycles. The van der Waals surface area contributed by atoms with Gasteiger partial charge in [-0.05, 0) is 84.0 Å². The maximum absolute atomic E-state index is 13.0. The minimum absolute atomic E-state index is 0.0150. The molecular weight excluding hydrogens is 1100 g/mol. The van der Waals surface area contributed by atoms with E-state index in [9.17, 15) is 35.1 Å². The van der Waals surface area contributed by atoms with Crippen LogP contribution in [0.3, 0.4) is 0 Å². The number of carbonyl (C=O) groups is 2. The first kappa shape index (κ1) is 83.4. The molecule has 88 heavy (non-hydrogen) atoms. The van der Waals surface area contributed by atoms with Crippen molar-refractivity contribution in [3.8, 4) is 0 Å². The van der Waals surface area contributed by atoms with Crippen LogP contribution in [0.5, 0.6) is 0 Å². The second-order valence-electron chi connectivity index (χ2n) is 26.0. The molecule has 0 aromatic rings. The Bertz CT molecular complexity index is 1650. The molecule has 0 aromatic heterocycles. The average Bonchev–Trinajstić information content (AvgIpc) is 2.69. The van der Waals surface area contributed by atoms with Crippen LogP contribution in [0.1, 0.15) is 354 Å². The number of allylic oxidation sites excluding steroid dienone is 9. The second kappa shape index (κ2) is 65.8. The molecule has 0 spiro atoms. The van der Waals surface area contributed by atoms with Gasteiger partial charge < -0.3 is 45.1 Å². The summed E-state index contributed by atoms with van der Waals surface area (Å²) < 4.78 is 16.7. The molecule has 1 heterocycles. The Morgan fingerprint density at radius 3 is 1.25 bits per heavy atom. The van der Waals surface area contributed by atoms with Crippen LogP contribution in [0, 0.1) is 0 Å². The van der Waals surface area contributed by atoms with E-state index in [1.807, 2.05) is 19.1 Å². The largest absolute Gasteiger partial charge is 0.466 e. The molecule has 7 unspecified atom stereocenters. The minimum Gasteiger partial charge on any atom is -0.466 e. The standard InChI is InChI=1S/C77H141NO10/c1-3-5-7-9-11-13-14-45-49-53-57-61-65-73(82)86-66-62-58-54-50-46-43-41-39-37-35-33-31-29-27-25-23-21-19-17-15-16-18-20-22-24-26-28-30-32-34-36-38-40-42-44-48-52-56-60-64-72(81)78-69(70(80)63-59-55-51-47-12-10-8-6-4-2)68-87-77-76(85)75(84)74(83)71(67-79)88-77/h4,6,12,15-16,19,21,47,59,63,69-71,74-77,79-80,83-85H,3,5,7-11,13-14,17-18,20,22-46,48-58,60-62,64-68H2,1-2H3,(H,78,81)/b6-4+,16-15-,21-19-,47-12+,63-59+. The van der Waals surface area contributed by atoms with Gasteiger partial charge >= 0.3 is 5.97 Å². The topological polar surface area (TPSA) is 175 Å². The number of hydrogen-bond donors (Lipinski definition) is 6. The fourth-order valence-corrected chi connectivity index (χ4v) is 11.8. The molecule has 11 heteroatoms. The molecule has 1 saturated heterocycles. The van der Waals surface area contributed by atoms with Gasteiger partial charge in [-0.15, -0.1) is 0 Å². The lowest BCUT2D eigenvalue weighted by atomic mass is 9.99. The molecule has 6 N–H and O–H groups in total. The highest BCUT2D eigenvalue weighted by atomic mass is 16.7. The molecule has 0 aliphatic carbocycles. The van der Waals surface area contributed by atoms with Crippen LogP contribution < -0.4 is 5.32 Å². The third-order valence-electron chi connectivity index (χ3n) is 17.7. The summed E-state index contributed by atoms with van der Waals surface area (Å²) in [5.41, 5.74) is 0. The summed E-state index contributed by atoms with van der Waals surface area (Å²) in [7, 11) is 0. The monoisotopic (exact) mass is 1240 g/mol. The van der Waals surface area contributed by atoms with E-state index in [1.165, 1.54) is 263 Å². The van der Waals surface area contributed by atoms with Gasteiger partial charge in [0.15, 0.2) is 6.29 Å². The van der Waals surface area contributed by atoms with Crippen LogP contribution in [0.2, 0.25) is 0 Å². The van der Waals surface area contributed by atoms with Crippen molar-refractivity contribution in [2.24, 2.45) is 0 Å². The van der Waals surface area contributed by atoms with Crippen molar-refractivity contribution in [3.63, 3.8) is 0 Å². The Morgan fingerprint density at radius 1 is 0.443 bits per heavy atom. The molecule has 1 rings (SSSR count). The minimum atomic E-state index is -1.58. The summed E-state index contributed by atoms with van der Waals surface area (Å²) in [6, 6.07) is -0.832. The first-order valence-electron chi connectivity index (χ1n) is 37.5. The summed E-state index contributed by atoms with van der Waals surface area (Å²) in [6.07, 6.45) is 78.6. The van der Waals surface area contributed by atoms with Gasteiger partial charge in [0, 0.05) is 12.8 Å². The van der Waals surface area contributed by atoms with E-state index >= 15 is 0 Å². The van der Waals surface area contributed by atoms with Crippen molar-refractivity contribution >= 4 is 11.9 Å². The Hall–Kier alpha value is -2.64. The molecule has 11 nitrogen and oxygen atoms in total. The van der Waals surface area contributed by atoms with E-state index in [0.717, 1.165) is 64.2 Å². The van der Waals surface area contributed by atoms with Gasteiger partial charge in [0.1, 0.15) is 24.4 Å². The van der Waals surface area contributed by atoms with E-state index in [-0.39, 0.29) is 18.5 Å². The normalized spacial score (nSPS) is 18.1. The molecule has 0 bridgehead atoms. The molecule has 1 fully saturated rings. The van der Waals surface area contributed by atoms with Gasteiger partial charge in [0.2, 0.25) is 5.91 Å². The second-order valence-corrected chi connectivity index (χ2v) is 26.0. The van der Waals surface area contributed by atoms with Gasteiger partial charge in [-0.3, -0.25) is 9.59 Å². The van der Waals surface area contributed by atoms with Crippen molar-refractivity contribution in [2.75, 3.05) is 19.8 Å². The van der Waals surface area contributed by atoms with Crippen LogP contribution in [0.15, 0.2) is 60.8 Å². The van der Waals surface area contributed by atoms with Crippen molar-refractivity contribution in [1.82, 2.24) is 5.32 Å². The van der Waals surface area contributed by atoms with Crippen LogP contribution >= 0.6 is 0 Å². The van der Waals surface area contributed by atoms with Crippen molar-refractivity contribution < 1.29 is 49.3 Å². The first-order chi connectivity index (χ1) is 43.2. The average molecular weight is 1240 g/mol. The van der Waals surface area contributed by atoms with Crippen LogP contribution in [0.4, 0.5) is 0 Å². The molecule has 0 radical (unpaired) electrons. The number of unbranched alkanes of at least 4 members (excludes halogenated alkanes) is 45. The molecule has 0 saturated carbocycles. The van der Waals surface area contributed by atoms with Crippen LogP contribution in [0.25, 0.3) is 0 Å². The highest BCUT2D eigenvalue weighted by Gasteiger charge is 2.44. The molecule has 514 valence electrons. The molecule has 1 aliphatic heterocycles. The number of ether oxygens (including phenoxy) is 3. The zero-order chi connectivity index (χ0) is 63.7. The number of aliphatic hydroxyl groups excluding tert-OH is 5. The number of rotatable bonds is 66. The zero-order valence-corrected chi connectivity index (χ0v) is 57.2. The van der Waals surface area contributed by atoms with Crippen LogP contribution in [-0.2, 0) is 23.8 Å².